The molecule has 1 aliphatic rings. The van der Waals surface area contributed by atoms with E-state index in [1.165, 1.54) is 36.2 Å². The van der Waals surface area contributed by atoms with Crippen LogP contribution in [-0.4, -0.2) is 34.3 Å². The topological polar surface area (TPSA) is 18.5 Å². The summed E-state index contributed by atoms with van der Waals surface area (Å²) in [6.45, 7) is 7.45. The van der Waals surface area contributed by atoms with Gasteiger partial charge in [-0.15, -0.1) is 0 Å². The van der Waals surface area contributed by atoms with E-state index in [1.54, 1.807) is 0 Å². The molecule has 1 saturated heterocycles. The van der Waals surface area contributed by atoms with Crippen LogP contribution in [0.2, 0.25) is 10.6 Å². The molecule has 0 radical (unpaired) electrons. The Labute approximate surface area is 99.1 Å². The van der Waals surface area contributed by atoms with Crippen molar-refractivity contribution in [3.63, 3.8) is 0 Å². The third-order valence-corrected chi connectivity index (χ3v) is 6.24. The molecule has 0 unspecified atom stereocenters. The van der Waals surface area contributed by atoms with Gasteiger partial charge in [0.25, 0.3) is 0 Å². The fourth-order valence-electron chi connectivity index (χ4n) is 2.14. The van der Waals surface area contributed by atoms with Crippen molar-refractivity contribution in [2.24, 2.45) is 5.92 Å². The predicted molar refractivity (Wildman–Crippen MR) is 65.4 cm³/mol. The van der Waals surface area contributed by atoms with Crippen molar-refractivity contribution in [2.75, 3.05) is 19.8 Å². The van der Waals surface area contributed by atoms with Gasteiger partial charge in [-0.3, -0.25) is 0 Å². The largest absolute Gasteiger partial charge is 0.500 e. The van der Waals surface area contributed by atoms with Gasteiger partial charge in [-0.05, 0) is 18.8 Å². The van der Waals surface area contributed by atoms with Crippen molar-refractivity contribution < 1.29 is 8.53 Å². The van der Waals surface area contributed by atoms with E-state index in [0.29, 0.717) is 0 Å². The molecule has 0 N–H and O–H groups in total. The Morgan fingerprint density at radius 1 is 1.13 bits per heavy atom. The minimum atomic E-state index is -0.846. The lowest BCUT2D eigenvalue weighted by atomic mass is 10.0. The molecule has 0 amide bonds. The zero-order valence-corrected chi connectivity index (χ0v) is 11.5. The van der Waals surface area contributed by atoms with Gasteiger partial charge in [0.1, 0.15) is 0 Å². The highest BCUT2D eigenvalue weighted by atomic mass is 27.2. The third kappa shape index (κ3) is 5.92. The zero-order valence-electron chi connectivity index (χ0n) is 10.3. The maximum Gasteiger partial charge on any atom is 0.460 e. The number of rotatable bonds is 7. The molecule has 0 aliphatic carbocycles. The zero-order chi connectivity index (χ0) is 10.9. The Hall–Kier alpha value is 0.452. The van der Waals surface area contributed by atoms with Crippen LogP contribution in [0.25, 0.3) is 0 Å². The first kappa shape index (κ1) is 13.5. The maximum atomic E-state index is 6.15. The van der Waals surface area contributed by atoms with Gasteiger partial charge in [0.15, 0.2) is 0 Å². The molecule has 1 aliphatic heterocycles. The van der Waals surface area contributed by atoms with Crippen LogP contribution in [0.4, 0.5) is 0 Å². The Morgan fingerprint density at radius 3 is 2.27 bits per heavy atom. The van der Waals surface area contributed by atoms with Crippen molar-refractivity contribution in [3.05, 3.63) is 0 Å². The van der Waals surface area contributed by atoms with Crippen LogP contribution in [0.1, 0.15) is 39.5 Å². The van der Waals surface area contributed by atoms with E-state index in [9.17, 15) is 0 Å². The van der Waals surface area contributed by atoms with E-state index in [1.807, 2.05) is 0 Å². The summed E-state index contributed by atoms with van der Waals surface area (Å²) in [6.07, 6.45) is 5.01. The highest BCUT2D eigenvalue weighted by molar-refractivity contribution is 6.51. The smallest absolute Gasteiger partial charge is 0.460 e. The lowest BCUT2D eigenvalue weighted by molar-refractivity contribution is 0.0491. The van der Waals surface area contributed by atoms with Gasteiger partial charge >= 0.3 is 14.5 Å². The Morgan fingerprint density at radius 2 is 1.73 bits per heavy atom. The molecule has 2 nitrogen and oxygen atoms in total. The maximum absolute atomic E-state index is 6.15. The Kier molecular flexibility index (Phi) is 7.74. The van der Waals surface area contributed by atoms with Crippen LogP contribution in [0.15, 0.2) is 0 Å². The lowest BCUT2D eigenvalue weighted by Crippen LogP contribution is -2.25. The quantitative estimate of drug-likeness (QED) is 0.623. The summed E-state index contributed by atoms with van der Waals surface area (Å²) in [4.78, 5) is 0. The second kappa shape index (κ2) is 8.59. The molecule has 0 spiro atoms. The minimum absolute atomic E-state index is 0.780. The molecule has 0 bridgehead atoms. The van der Waals surface area contributed by atoms with Crippen molar-refractivity contribution in [2.45, 2.75) is 50.1 Å². The third-order valence-electron chi connectivity index (χ3n) is 3.13. The van der Waals surface area contributed by atoms with E-state index < -0.39 is 14.5 Å². The predicted octanol–water partition coefficient (Wildman–Crippen LogP) is 3.24. The number of hydrogen-bond acceptors (Lipinski definition) is 2. The van der Waals surface area contributed by atoms with Gasteiger partial charge in [-0.2, -0.15) is 0 Å². The molecule has 0 aromatic rings. The monoisotopic (exact) mass is 228 g/mol. The fourth-order valence-corrected chi connectivity index (χ4v) is 4.59. The Balaban J connectivity index is 2.13. The van der Waals surface area contributed by atoms with Gasteiger partial charge in [0.2, 0.25) is 0 Å². The number of ether oxygens (including phenoxy) is 1. The van der Waals surface area contributed by atoms with Gasteiger partial charge in [0.05, 0.1) is 0 Å². The van der Waals surface area contributed by atoms with Gasteiger partial charge in [-0.25, -0.2) is 0 Å². The standard InChI is InChI=1S/C6H11O2.2C3H7.Al/c7-5-6-1-3-8-4-2-6;2*1-3-2;/h6H,1-5H2;2*1,3H2,2H3;/q-1;;;+1. The average molecular weight is 228 g/mol. The summed E-state index contributed by atoms with van der Waals surface area (Å²) >= 11 is -0.846. The summed E-state index contributed by atoms with van der Waals surface area (Å²) in [5.41, 5.74) is 0. The molecule has 88 valence electrons. The highest BCUT2D eigenvalue weighted by Crippen LogP contribution is 2.17. The molecule has 1 rings (SSSR count). The van der Waals surface area contributed by atoms with E-state index >= 15 is 0 Å². The second-order valence-electron chi connectivity index (χ2n) is 4.59. The van der Waals surface area contributed by atoms with Gasteiger partial charge in [-0.1, -0.05) is 37.3 Å². The van der Waals surface area contributed by atoms with E-state index in [0.717, 1.165) is 25.7 Å². The first-order valence-corrected chi connectivity index (χ1v) is 8.66. The molecule has 1 fully saturated rings. The van der Waals surface area contributed by atoms with E-state index in [2.05, 4.69) is 13.8 Å². The molecule has 0 atom stereocenters. The van der Waals surface area contributed by atoms with Crippen LogP contribution in [0.3, 0.4) is 0 Å². The van der Waals surface area contributed by atoms with Gasteiger partial charge in [0, 0.05) is 19.8 Å². The summed E-state index contributed by atoms with van der Waals surface area (Å²) in [5, 5.41) is 2.72. The minimum Gasteiger partial charge on any atom is -0.500 e. The lowest BCUT2D eigenvalue weighted by Gasteiger charge is -2.24. The molecule has 3 heteroatoms. The highest BCUT2D eigenvalue weighted by Gasteiger charge is 2.21. The normalized spacial score (nSPS) is 18.0. The fraction of sp³-hybridized carbons (Fsp3) is 1.00. The van der Waals surface area contributed by atoms with Crippen LogP contribution >= 0.6 is 0 Å². The first-order chi connectivity index (χ1) is 7.36. The number of hydrogen-bond donors (Lipinski definition) is 0. The molecule has 0 aromatic carbocycles. The van der Waals surface area contributed by atoms with Crippen LogP contribution in [-0.2, 0) is 8.53 Å². The van der Waals surface area contributed by atoms with Crippen molar-refractivity contribution in [1.82, 2.24) is 0 Å². The van der Waals surface area contributed by atoms with E-state index in [4.69, 9.17) is 8.53 Å². The van der Waals surface area contributed by atoms with Crippen molar-refractivity contribution in [3.8, 4) is 0 Å². The first-order valence-electron chi connectivity index (χ1n) is 6.56. The summed E-state index contributed by atoms with van der Waals surface area (Å²) in [7, 11) is 0. The molecule has 0 saturated carbocycles. The summed E-state index contributed by atoms with van der Waals surface area (Å²) in [5.74, 6) is 0.780. The second-order valence-corrected chi connectivity index (χ2v) is 7.32. The van der Waals surface area contributed by atoms with Crippen LogP contribution < -0.4 is 0 Å². The SMILES string of the molecule is CC[CH2][Al]([CH2]CC)[O]CC1CCOCC1. The summed E-state index contributed by atoms with van der Waals surface area (Å²) < 4.78 is 11.5. The van der Waals surface area contributed by atoms with Crippen LogP contribution in [0.5, 0.6) is 0 Å². The van der Waals surface area contributed by atoms with Crippen molar-refractivity contribution >= 4 is 14.5 Å². The Bertz CT molecular complexity index is 141. The average Bonchev–Trinajstić information content (AvgIpc) is 2.28. The molecular weight excluding hydrogens is 203 g/mol. The molecule has 1 heterocycles. The van der Waals surface area contributed by atoms with Gasteiger partial charge < -0.3 is 8.53 Å². The van der Waals surface area contributed by atoms with E-state index in [-0.39, 0.29) is 0 Å². The van der Waals surface area contributed by atoms with Crippen LogP contribution in [0, 0.1) is 5.92 Å². The molecule has 15 heavy (non-hydrogen) atoms. The summed E-state index contributed by atoms with van der Waals surface area (Å²) in [6, 6.07) is 0. The van der Waals surface area contributed by atoms with Crippen molar-refractivity contribution in [1.29, 1.82) is 0 Å². The molecule has 0 aromatic heterocycles. The molecular formula is C12H25AlO2.